The molecule has 10 heteroatoms. The maximum atomic E-state index is 12.6. The van der Waals surface area contributed by atoms with Crippen LogP contribution in [0.2, 0.25) is 0 Å². The number of esters is 1. The molecule has 1 aliphatic rings. The Bertz CT molecular complexity index is 1030. The Balaban J connectivity index is 1.85. The molecule has 1 aliphatic heterocycles. The summed E-state index contributed by atoms with van der Waals surface area (Å²) in [5.74, 6) is -1.25. The van der Waals surface area contributed by atoms with Gasteiger partial charge in [0.25, 0.3) is 16.8 Å². The van der Waals surface area contributed by atoms with Crippen LogP contribution < -0.4 is 0 Å². The number of carbonyl (C=O) groups is 3. The average molecular weight is 415 g/mol. The number of aromatic nitrogens is 1. The summed E-state index contributed by atoms with van der Waals surface area (Å²) >= 11 is 0.722. The van der Waals surface area contributed by atoms with Gasteiger partial charge in [-0.15, -0.1) is 0 Å². The molecule has 2 amide bonds. The molecule has 2 aromatic rings. The summed E-state index contributed by atoms with van der Waals surface area (Å²) in [5, 5.41) is 10.5. The molecule has 29 heavy (non-hydrogen) atoms. The molecule has 0 atom stereocenters. The number of hydrogen-bond donors (Lipinski definition) is 0. The molecule has 0 spiro atoms. The van der Waals surface area contributed by atoms with Gasteiger partial charge in [0, 0.05) is 24.0 Å². The van der Waals surface area contributed by atoms with Crippen LogP contribution >= 0.6 is 11.8 Å². The van der Waals surface area contributed by atoms with Gasteiger partial charge in [0.1, 0.15) is 6.54 Å². The van der Waals surface area contributed by atoms with Crippen molar-refractivity contribution in [1.82, 2.24) is 9.47 Å². The number of nitro benzene ring substituents is 1. The Labute approximate surface area is 170 Å². The number of imide groups is 1. The number of hydrogen-bond acceptors (Lipinski definition) is 7. The number of nitrogens with zero attached hydrogens (tertiary/aromatic N) is 3. The van der Waals surface area contributed by atoms with Crippen LogP contribution in [0.15, 0.2) is 47.5 Å². The molecule has 0 bridgehead atoms. The van der Waals surface area contributed by atoms with Crippen molar-refractivity contribution in [1.29, 1.82) is 0 Å². The predicted octanol–water partition coefficient (Wildman–Crippen LogP) is 3.37. The van der Waals surface area contributed by atoms with Crippen LogP contribution in [0.4, 0.5) is 10.5 Å². The monoisotopic (exact) mass is 415 g/mol. The number of benzene rings is 1. The van der Waals surface area contributed by atoms with E-state index in [-0.39, 0.29) is 16.7 Å². The molecule has 1 saturated heterocycles. The first-order valence-corrected chi connectivity index (χ1v) is 9.45. The lowest BCUT2D eigenvalue weighted by Crippen LogP contribution is -2.35. The topological polar surface area (TPSA) is 112 Å². The second-order valence-electron chi connectivity index (χ2n) is 6.39. The number of carbonyl (C=O) groups excluding carboxylic acids is 3. The zero-order valence-electron chi connectivity index (χ0n) is 15.6. The Hall–Kier alpha value is -3.40. The molecule has 2 heterocycles. The van der Waals surface area contributed by atoms with Gasteiger partial charge in [0.15, 0.2) is 0 Å². The van der Waals surface area contributed by atoms with Gasteiger partial charge in [-0.2, -0.15) is 0 Å². The van der Waals surface area contributed by atoms with E-state index in [2.05, 4.69) is 0 Å². The molecular weight excluding hydrogens is 398 g/mol. The second kappa shape index (κ2) is 8.31. The summed E-state index contributed by atoms with van der Waals surface area (Å²) in [6.07, 6.45) is 2.85. The van der Waals surface area contributed by atoms with Crippen LogP contribution in [0.25, 0.3) is 11.8 Å². The van der Waals surface area contributed by atoms with Crippen molar-refractivity contribution < 1.29 is 24.0 Å². The van der Waals surface area contributed by atoms with Gasteiger partial charge in [-0.05, 0) is 49.9 Å². The zero-order chi connectivity index (χ0) is 21.1. The average Bonchev–Trinajstić information content (AvgIpc) is 3.21. The standard InChI is InChI=1S/C19H17N3O6S/c1-12(2)28-17(23)11-21-18(24)16(29-19(21)25)10-14-7-4-8-20(14)13-5-3-6-15(9-13)22(26)27/h3-10,12H,11H2,1-2H3/b16-10-. The van der Waals surface area contributed by atoms with E-state index >= 15 is 0 Å². The van der Waals surface area contributed by atoms with E-state index in [1.165, 1.54) is 18.2 Å². The molecular formula is C19H17N3O6S. The van der Waals surface area contributed by atoms with Gasteiger partial charge in [-0.25, -0.2) is 0 Å². The summed E-state index contributed by atoms with van der Waals surface area (Å²) in [6, 6.07) is 9.47. The van der Waals surface area contributed by atoms with Crippen LogP contribution in [-0.4, -0.2) is 44.2 Å². The van der Waals surface area contributed by atoms with E-state index < -0.39 is 28.6 Å². The molecule has 1 aromatic carbocycles. The number of non-ortho nitro benzene ring substituents is 1. The van der Waals surface area contributed by atoms with Crippen molar-refractivity contribution in [3.05, 3.63) is 63.3 Å². The lowest BCUT2D eigenvalue weighted by molar-refractivity contribution is -0.384. The van der Waals surface area contributed by atoms with Crippen LogP contribution in [0.1, 0.15) is 19.5 Å². The zero-order valence-corrected chi connectivity index (χ0v) is 16.4. The Morgan fingerprint density at radius 2 is 2.03 bits per heavy atom. The van der Waals surface area contributed by atoms with Gasteiger partial charge >= 0.3 is 5.97 Å². The molecule has 3 rings (SSSR count). The third kappa shape index (κ3) is 4.54. The fraction of sp³-hybridized carbons (Fsp3) is 0.211. The summed E-state index contributed by atoms with van der Waals surface area (Å²) in [5.41, 5.74) is 1.03. The minimum absolute atomic E-state index is 0.0638. The molecule has 0 aliphatic carbocycles. The molecule has 0 radical (unpaired) electrons. The summed E-state index contributed by atoms with van der Waals surface area (Å²) in [7, 11) is 0. The first kappa shape index (κ1) is 20.3. The normalized spacial score (nSPS) is 15.4. The summed E-state index contributed by atoms with van der Waals surface area (Å²) in [6.45, 7) is 2.90. The molecule has 0 N–H and O–H groups in total. The molecule has 0 saturated carbocycles. The smallest absolute Gasteiger partial charge is 0.326 e. The van der Waals surface area contributed by atoms with E-state index in [1.807, 2.05) is 0 Å². The highest BCUT2D eigenvalue weighted by Crippen LogP contribution is 2.32. The van der Waals surface area contributed by atoms with Gasteiger partial charge in [0.05, 0.1) is 21.6 Å². The largest absolute Gasteiger partial charge is 0.462 e. The van der Waals surface area contributed by atoms with Crippen molar-refractivity contribution in [2.24, 2.45) is 0 Å². The SMILES string of the molecule is CC(C)OC(=O)CN1C(=O)S/C(=C\c2cccn2-c2cccc([N+](=O)[O-])c2)C1=O. The third-order valence-corrected chi connectivity index (χ3v) is 4.81. The van der Waals surface area contributed by atoms with Crippen molar-refractivity contribution in [3.8, 4) is 5.69 Å². The maximum Gasteiger partial charge on any atom is 0.326 e. The summed E-state index contributed by atoms with van der Waals surface area (Å²) < 4.78 is 6.65. The Morgan fingerprint density at radius 1 is 1.28 bits per heavy atom. The van der Waals surface area contributed by atoms with E-state index in [9.17, 15) is 24.5 Å². The fourth-order valence-corrected chi connectivity index (χ4v) is 3.53. The molecule has 1 fully saturated rings. The number of amides is 2. The van der Waals surface area contributed by atoms with E-state index in [4.69, 9.17) is 4.74 Å². The minimum Gasteiger partial charge on any atom is -0.462 e. The Morgan fingerprint density at radius 3 is 2.72 bits per heavy atom. The van der Waals surface area contributed by atoms with Gasteiger partial charge in [-0.1, -0.05) is 6.07 Å². The molecule has 0 unspecified atom stereocenters. The fourth-order valence-electron chi connectivity index (χ4n) is 2.70. The highest BCUT2D eigenvalue weighted by Gasteiger charge is 2.37. The first-order chi connectivity index (χ1) is 13.8. The van der Waals surface area contributed by atoms with Crippen molar-refractivity contribution >= 4 is 40.6 Å². The quantitative estimate of drug-likeness (QED) is 0.308. The first-order valence-electron chi connectivity index (χ1n) is 8.63. The number of ether oxygens (including phenoxy) is 1. The van der Waals surface area contributed by atoms with Gasteiger partial charge in [-0.3, -0.25) is 29.4 Å². The Kier molecular flexibility index (Phi) is 5.83. The van der Waals surface area contributed by atoms with Crippen LogP contribution in [0.5, 0.6) is 0 Å². The van der Waals surface area contributed by atoms with Gasteiger partial charge in [0.2, 0.25) is 0 Å². The van der Waals surface area contributed by atoms with E-state index in [1.54, 1.807) is 48.9 Å². The van der Waals surface area contributed by atoms with Crippen molar-refractivity contribution in [3.63, 3.8) is 0 Å². The highest BCUT2D eigenvalue weighted by molar-refractivity contribution is 8.18. The van der Waals surface area contributed by atoms with Gasteiger partial charge < -0.3 is 9.30 Å². The third-order valence-electron chi connectivity index (χ3n) is 3.91. The second-order valence-corrected chi connectivity index (χ2v) is 7.38. The van der Waals surface area contributed by atoms with E-state index in [0.29, 0.717) is 11.4 Å². The number of thioether (sulfide) groups is 1. The highest BCUT2D eigenvalue weighted by atomic mass is 32.2. The molecule has 150 valence electrons. The number of rotatable bonds is 6. The lowest BCUT2D eigenvalue weighted by atomic mass is 10.2. The van der Waals surface area contributed by atoms with Crippen LogP contribution in [0, 0.1) is 10.1 Å². The number of nitro groups is 1. The lowest BCUT2D eigenvalue weighted by Gasteiger charge is -2.13. The molecule has 1 aromatic heterocycles. The predicted molar refractivity (Wildman–Crippen MR) is 106 cm³/mol. The maximum absolute atomic E-state index is 12.6. The van der Waals surface area contributed by atoms with Crippen LogP contribution in [-0.2, 0) is 14.3 Å². The molecule has 9 nitrogen and oxygen atoms in total. The van der Waals surface area contributed by atoms with Crippen molar-refractivity contribution in [2.45, 2.75) is 20.0 Å². The minimum atomic E-state index is -0.663. The summed E-state index contributed by atoms with van der Waals surface area (Å²) in [4.78, 5) is 48.0. The van der Waals surface area contributed by atoms with E-state index in [0.717, 1.165) is 16.7 Å². The van der Waals surface area contributed by atoms with Crippen molar-refractivity contribution in [2.75, 3.05) is 6.54 Å². The van der Waals surface area contributed by atoms with Crippen LogP contribution in [0.3, 0.4) is 0 Å².